The second-order valence-electron chi connectivity index (χ2n) is 27.9. The van der Waals surface area contributed by atoms with Gasteiger partial charge in [0.15, 0.2) is 36.3 Å². The lowest BCUT2D eigenvalue weighted by atomic mass is 10.0. The van der Waals surface area contributed by atoms with E-state index in [4.69, 9.17) is 41.9 Å². The second-order valence-corrected chi connectivity index (χ2v) is 27.9. The number of anilines is 4. The van der Waals surface area contributed by atoms with Gasteiger partial charge in [0, 0.05) is 89.7 Å². The molecule has 6 aromatic rings. The summed E-state index contributed by atoms with van der Waals surface area (Å²) >= 11 is 0. The second kappa shape index (κ2) is 43.7. The number of Topliss-reactive ketones (excluding diaryl/α,β-unsaturated/α-hetero) is 4. The lowest BCUT2D eigenvalue weighted by Gasteiger charge is -2.28. The maximum Gasteiger partial charge on any atom is 0.420 e. The zero-order valence-electron chi connectivity index (χ0n) is 63.9. The Morgan fingerprint density at radius 2 is 0.807 bits per heavy atom. The molecule has 6 heterocycles. The van der Waals surface area contributed by atoms with E-state index < -0.39 is 108 Å². The van der Waals surface area contributed by atoms with Crippen molar-refractivity contribution in [2.75, 3.05) is 63.6 Å². The van der Waals surface area contributed by atoms with Gasteiger partial charge in [-0.05, 0) is 148 Å². The third-order valence-corrected chi connectivity index (χ3v) is 17.9. The first kappa shape index (κ1) is 94.1. The zero-order valence-corrected chi connectivity index (χ0v) is 63.9. The first-order chi connectivity index (χ1) is 53.4. The molecule has 8 rings (SSSR count). The van der Waals surface area contributed by atoms with Gasteiger partial charge in [-0.2, -0.15) is 26.3 Å². The van der Waals surface area contributed by atoms with E-state index in [9.17, 15) is 82.3 Å². The molecule has 0 aromatic carbocycles. The minimum Gasteiger partial charge on any atom is -0.467 e. The number of carbonyl (C=O) groups excluding carboxylic acids is 8. The highest BCUT2D eigenvalue weighted by Gasteiger charge is 2.56. The Morgan fingerprint density at radius 3 is 1.15 bits per heavy atom. The topological polar surface area (TPSA) is 448 Å². The van der Waals surface area contributed by atoms with E-state index in [-0.39, 0.29) is 98.5 Å². The molecule has 114 heavy (non-hydrogen) atoms. The molecule has 2 saturated carbocycles. The van der Waals surface area contributed by atoms with E-state index in [1.54, 1.807) is 24.5 Å². The third kappa shape index (κ3) is 32.6. The number of ether oxygens (including phenoxy) is 6. The predicted molar refractivity (Wildman–Crippen MR) is 389 cm³/mol. The molecule has 628 valence electrons. The molecule has 4 amide bonds. The van der Waals surface area contributed by atoms with Crippen LogP contribution < -0.4 is 53.7 Å². The van der Waals surface area contributed by atoms with Crippen LogP contribution in [0.3, 0.4) is 0 Å². The van der Waals surface area contributed by atoms with Crippen LogP contribution in [-0.2, 0) is 83.0 Å². The van der Waals surface area contributed by atoms with Crippen LogP contribution in [0.25, 0.3) is 0 Å². The van der Waals surface area contributed by atoms with Crippen molar-refractivity contribution in [1.29, 1.82) is 0 Å². The summed E-state index contributed by atoms with van der Waals surface area (Å²) in [6, 6.07) is 12.0. The Labute approximate surface area is 649 Å². The van der Waals surface area contributed by atoms with Crippen LogP contribution in [0.2, 0.25) is 0 Å². The zero-order chi connectivity index (χ0) is 84.8. The number of pyridine rings is 4. The Balaban J connectivity index is 0.000000272. The summed E-state index contributed by atoms with van der Waals surface area (Å²) in [5.41, 5.74) is 22.4. The number of halogens is 10. The van der Waals surface area contributed by atoms with Crippen LogP contribution >= 0.6 is 0 Å². The van der Waals surface area contributed by atoms with Gasteiger partial charge < -0.3 is 81.7 Å². The SMILES string of the molecule is COC(C)(C)C(=O)NC(Cc1ccc(N)nc1)C(=O)COC(C(C)(F)F)C(F)(F)F.COC(C)(C)C(=O)NC(Cc1ccnc(N)c1)C(=O)COC(C(C)(F)F)C(F)(F)F.Nc1cc(CCC(NC(=O)C2CCCC2)C(=O)COc2ccon2)ccn1.Nc1ccc(CCC(NC(=O)C2CCCC2)C(=O)COc2ccon2)cn1. The van der Waals surface area contributed by atoms with Gasteiger partial charge in [0.25, 0.3) is 35.4 Å². The molecule has 2 aliphatic carbocycles. The lowest BCUT2D eigenvalue weighted by Crippen LogP contribution is -2.53. The van der Waals surface area contributed by atoms with Crippen molar-refractivity contribution in [3.05, 3.63) is 120 Å². The maximum absolute atomic E-state index is 13.3. The number of nitrogens with zero attached hydrogens (tertiary/aromatic N) is 6. The molecule has 12 N–H and O–H groups in total. The third-order valence-electron chi connectivity index (χ3n) is 17.9. The van der Waals surface area contributed by atoms with Crippen LogP contribution in [0.1, 0.15) is 128 Å². The van der Waals surface area contributed by atoms with Crippen LogP contribution in [0.4, 0.5) is 67.2 Å². The first-order valence-corrected chi connectivity index (χ1v) is 35.8. The first-order valence-electron chi connectivity index (χ1n) is 35.8. The van der Waals surface area contributed by atoms with E-state index in [0.29, 0.717) is 48.4 Å². The normalized spacial score (nSPS) is 15.1. The van der Waals surface area contributed by atoms with E-state index in [1.807, 2.05) is 12.1 Å². The van der Waals surface area contributed by atoms with Gasteiger partial charge in [-0.25, -0.2) is 37.5 Å². The Hall–Kier alpha value is -10.5. The quantitative estimate of drug-likeness (QED) is 0.0169. The monoisotopic (exact) mass is 1630 g/mol. The van der Waals surface area contributed by atoms with Crippen molar-refractivity contribution in [2.45, 2.75) is 203 Å². The van der Waals surface area contributed by atoms with Gasteiger partial charge in [-0.1, -0.05) is 37.8 Å². The lowest BCUT2D eigenvalue weighted by molar-refractivity contribution is -0.278. The highest BCUT2D eigenvalue weighted by Crippen LogP contribution is 2.36. The Bertz CT molecular complexity index is 3980. The molecular formula is C74H96F10N14O16. The van der Waals surface area contributed by atoms with E-state index in [2.05, 4.69) is 70.0 Å². The number of nitrogen functional groups attached to an aromatic ring is 4. The number of hydrogen-bond donors (Lipinski definition) is 8. The van der Waals surface area contributed by atoms with E-state index in [1.165, 1.54) is 103 Å². The molecule has 2 aliphatic rings. The van der Waals surface area contributed by atoms with Gasteiger partial charge in [0.2, 0.25) is 24.0 Å². The fourth-order valence-corrected chi connectivity index (χ4v) is 11.1. The summed E-state index contributed by atoms with van der Waals surface area (Å²) in [5, 5.41) is 17.8. The van der Waals surface area contributed by atoms with Gasteiger partial charge in [-0.15, -0.1) is 0 Å². The van der Waals surface area contributed by atoms with Crippen LogP contribution in [0.15, 0.2) is 107 Å². The molecular weight excluding hydrogens is 1530 g/mol. The molecule has 0 spiro atoms. The smallest absolute Gasteiger partial charge is 0.420 e. The highest BCUT2D eigenvalue weighted by molar-refractivity contribution is 5.94. The van der Waals surface area contributed by atoms with Gasteiger partial charge in [0.1, 0.15) is 60.2 Å². The molecule has 0 saturated heterocycles. The maximum atomic E-state index is 13.3. The number of carbonyl (C=O) groups is 8. The number of hydrogen-bond acceptors (Lipinski definition) is 26. The number of nitrogens with two attached hydrogens (primary N) is 4. The number of rotatable bonds is 38. The standard InChI is InChI=1S/2C19H24N4O4.2C18H24F5N3O4/c20-17-8-6-13(11-21-17)5-7-15(22-19(25)14-3-1-2-4-14)16(24)12-26-18-9-10-27-23-18;20-17-11-13(7-9-21-17)5-6-15(22-19(25)14-3-1-2-4-14)16(24)12-26-18-8-10-27-23-18;1-16(2,29-4)15(28)26-11(7-10-5-6-25-13(24)8-10)12(27)9-30-14(17(3,19)20)18(21,22)23;1-16(2,29-4)15(28)26-11(7-10-5-6-13(24)25-8-10)12(27)9-30-14(17(3,19)20)18(21,22)23/h6,8-11,14-15H,1-5,7,12H2,(H2,20,21)(H,22,25);7-11,14-15H,1-6,12H2,(H2,20,21)(H,22,25);2*5-6,8,11,14H,7,9H2,1-4H3,(H2,24,25)(H,26,28). The van der Waals surface area contributed by atoms with Gasteiger partial charge >= 0.3 is 12.4 Å². The van der Waals surface area contributed by atoms with Crippen molar-refractivity contribution >= 4 is 70.0 Å². The van der Waals surface area contributed by atoms with Crippen LogP contribution in [-0.4, -0.2) is 189 Å². The summed E-state index contributed by atoms with van der Waals surface area (Å²) in [5.74, 6) is -10.9. The van der Waals surface area contributed by atoms with Gasteiger partial charge in [0.05, 0.1) is 24.2 Å². The number of amides is 4. The summed E-state index contributed by atoms with van der Waals surface area (Å²) < 4.78 is 169. The number of alkyl halides is 10. The number of aryl methyl sites for hydroxylation is 2. The molecule has 40 heteroatoms. The number of aromatic nitrogens is 6. The minimum atomic E-state index is -5.39. The van der Waals surface area contributed by atoms with E-state index >= 15 is 0 Å². The molecule has 30 nitrogen and oxygen atoms in total. The summed E-state index contributed by atoms with van der Waals surface area (Å²) in [6.07, 6.45) is 0.459. The average molecular weight is 1630 g/mol. The van der Waals surface area contributed by atoms with Crippen molar-refractivity contribution in [3.63, 3.8) is 0 Å². The average Bonchev–Trinajstić information content (AvgIpc) is 0.945. The number of ketones is 4. The predicted octanol–water partition coefficient (Wildman–Crippen LogP) is 8.39. The van der Waals surface area contributed by atoms with Gasteiger partial charge in [-0.3, -0.25) is 38.4 Å². The van der Waals surface area contributed by atoms with Crippen molar-refractivity contribution < 1.29 is 120 Å². The largest absolute Gasteiger partial charge is 0.467 e. The molecule has 2 fully saturated rings. The van der Waals surface area contributed by atoms with Crippen molar-refractivity contribution in [2.24, 2.45) is 11.8 Å². The highest BCUT2D eigenvalue weighted by atomic mass is 19.4. The fraction of sp³-hybridized carbons (Fsp3) is 0.541. The molecule has 6 aromatic heterocycles. The summed E-state index contributed by atoms with van der Waals surface area (Å²) in [7, 11) is 2.50. The fourth-order valence-electron chi connectivity index (χ4n) is 11.1. The Kier molecular flexibility index (Phi) is 36.1. The summed E-state index contributed by atoms with van der Waals surface area (Å²) in [4.78, 5) is 116. The minimum absolute atomic E-state index is 0.00468. The Morgan fingerprint density at radius 1 is 0.447 bits per heavy atom. The van der Waals surface area contributed by atoms with Crippen LogP contribution in [0, 0.1) is 11.8 Å². The van der Waals surface area contributed by atoms with Crippen LogP contribution in [0.5, 0.6) is 11.8 Å². The number of methoxy groups -OCH3 is 2. The summed E-state index contributed by atoms with van der Waals surface area (Å²) in [6.45, 7) is 2.74. The molecule has 0 radical (unpaired) electrons. The van der Waals surface area contributed by atoms with E-state index in [0.717, 1.165) is 62.5 Å². The molecule has 0 bridgehead atoms. The molecule has 6 atom stereocenters. The number of nitrogens with one attached hydrogen (secondary N) is 4. The molecule has 6 unspecified atom stereocenters. The van der Waals surface area contributed by atoms with Crippen molar-refractivity contribution in [3.8, 4) is 11.8 Å². The van der Waals surface area contributed by atoms with Crippen molar-refractivity contribution in [1.82, 2.24) is 51.5 Å². The molecule has 0 aliphatic heterocycles.